The van der Waals surface area contributed by atoms with E-state index in [0.717, 1.165) is 18.2 Å². The first-order valence-corrected chi connectivity index (χ1v) is 8.25. The second kappa shape index (κ2) is 10.5. The standard InChI is InChI=1S/C20H17F2NO6/c1-27-16-4-2-3-13(11-16)5-10-18(25)28-12-17(24)23-19(26)14-6-8-15(9-7-14)29-20(21)22/h2-11,20H,12H2,1H3,(H,23,24,26)/b10-5+. The summed E-state index contributed by atoms with van der Waals surface area (Å²) in [6.07, 6.45) is 2.61. The first-order chi connectivity index (χ1) is 13.9. The number of hydrogen-bond acceptors (Lipinski definition) is 6. The molecule has 0 radical (unpaired) electrons. The number of alkyl halides is 2. The molecular formula is C20H17F2NO6. The third kappa shape index (κ3) is 7.41. The molecule has 0 bridgehead atoms. The van der Waals surface area contributed by atoms with E-state index in [-0.39, 0.29) is 11.3 Å². The van der Waals surface area contributed by atoms with Crippen LogP contribution in [-0.4, -0.2) is 38.1 Å². The number of hydrogen-bond donors (Lipinski definition) is 1. The summed E-state index contributed by atoms with van der Waals surface area (Å²) in [6, 6.07) is 11.7. The average molecular weight is 405 g/mol. The minimum atomic E-state index is -2.98. The Morgan fingerprint density at radius 2 is 1.79 bits per heavy atom. The van der Waals surface area contributed by atoms with Gasteiger partial charge in [-0.05, 0) is 48.0 Å². The Labute approximate surface area is 164 Å². The molecule has 0 fully saturated rings. The van der Waals surface area contributed by atoms with E-state index in [1.165, 1.54) is 25.3 Å². The fourth-order valence-corrected chi connectivity index (χ4v) is 2.12. The van der Waals surface area contributed by atoms with Crippen molar-refractivity contribution in [2.24, 2.45) is 0 Å². The molecule has 0 aliphatic heterocycles. The van der Waals surface area contributed by atoms with Crippen LogP contribution >= 0.6 is 0 Å². The van der Waals surface area contributed by atoms with Crippen LogP contribution in [0.3, 0.4) is 0 Å². The van der Waals surface area contributed by atoms with Crippen LogP contribution in [-0.2, 0) is 14.3 Å². The Bertz CT molecular complexity index is 896. The van der Waals surface area contributed by atoms with Crippen LogP contribution in [0.5, 0.6) is 11.5 Å². The predicted octanol–water partition coefficient (Wildman–Crippen LogP) is 2.81. The number of esters is 1. The lowest BCUT2D eigenvalue weighted by Gasteiger charge is -2.06. The van der Waals surface area contributed by atoms with Crippen molar-refractivity contribution < 1.29 is 37.4 Å². The fourth-order valence-electron chi connectivity index (χ4n) is 2.12. The van der Waals surface area contributed by atoms with Gasteiger partial charge in [0.05, 0.1) is 7.11 Å². The summed E-state index contributed by atoms with van der Waals surface area (Å²) in [5.74, 6) is -1.90. The molecule has 0 heterocycles. The van der Waals surface area contributed by atoms with E-state index >= 15 is 0 Å². The summed E-state index contributed by atoms with van der Waals surface area (Å²) in [6.45, 7) is -3.65. The molecule has 9 heteroatoms. The van der Waals surface area contributed by atoms with Gasteiger partial charge in [-0.25, -0.2) is 4.79 Å². The van der Waals surface area contributed by atoms with E-state index in [1.807, 2.05) is 5.32 Å². The molecule has 2 rings (SSSR count). The molecular weight excluding hydrogens is 388 g/mol. The molecule has 0 aliphatic rings. The summed E-state index contributed by atoms with van der Waals surface area (Å²) in [4.78, 5) is 35.3. The Hall–Kier alpha value is -3.75. The third-order valence-corrected chi connectivity index (χ3v) is 3.45. The second-order valence-electron chi connectivity index (χ2n) is 5.50. The summed E-state index contributed by atoms with van der Waals surface area (Å²) >= 11 is 0. The zero-order chi connectivity index (χ0) is 21.2. The molecule has 0 aliphatic carbocycles. The van der Waals surface area contributed by atoms with Crippen LogP contribution in [0.25, 0.3) is 6.08 Å². The molecule has 2 aromatic rings. The van der Waals surface area contributed by atoms with Crippen molar-refractivity contribution in [1.82, 2.24) is 5.32 Å². The lowest BCUT2D eigenvalue weighted by Crippen LogP contribution is -2.34. The van der Waals surface area contributed by atoms with Crippen molar-refractivity contribution in [2.45, 2.75) is 6.61 Å². The molecule has 2 aromatic carbocycles. The molecule has 7 nitrogen and oxygen atoms in total. The molecule has 1 N–H and O–H groups in total. The molecule has 152 valence electrons. The number of nitrogens with one attached hydrogen (secondary N) is 1. The first-order valence-electron chi connectivity index (χ1n) is 8.25. The van der Waals surface area contributed by atoms with Gasteiger partial charge in [0.15, 0.2) is 6.61 Å². The number of carbonyl (C=O) groups excluding carboxylic acids is 3. The van der Waals surface area contributed by atoms with Gasteiger partial charge < -0.3 is 14.2 Å². The first kappa shape index (κ1) is 21.5. The van der Waals surface area contributed by atoms with Gasteiger partial charge in [0, 0.05) is 11.6 Å². The van der Waals surface area contributed by atoms with Gasteiger partial charge in [-0.15, -0.1) is 0 Å². The molecule has 0 aromatic heterocycles. The van der Waals surface area contributed by atoms with Gasteiger partial charge in [-0.2, -0.15) is 8.78 Å². The van der Waals surface area contributed by atoms with Gasteiger partial charge in [0.25, 0.3) is 11.8 Å². The minimum Gasteiger partial charge on any atom is -0.497 e. The Balaban J connectivity index is 1.80. The largest absolute Gasteiger partial charge is 0.497 e. The molecule has 29 heavy (non-hydrogen) atoms. The zero-order valence-corrected chi connectivity index (χ0v) is 15.3. The highest BCUT2D eigenvalue weighted by molar-refractivity contribution is 6.05. The number of carbonyl (C=O) groups is 3. The second-order valence-corrected chi connectivity index (χ2v) is 5.50. The van der Waals surface area contributed by atoms with Crippen LogP contribution in [0.15, 0.2) is 54.6 Å². The van der Waals surface area contributed by atoms with E-state index in [0.29, 0.717) is 11.3 Å². The third-order valence-electron chi connectivity index (χ3n) is 3.45. The summed E-state index contributed by atoms with van der Waals surface area (Å²) in [5, 5.41) is 2.02. The molecule has 0 saturated heterocycles. The lowest BCUT2D eigenvalue weighted by atomic mass is 10.2. The number of benzene rings is 2. The van der Waals surface area contributed by atoms with Crippen LogP contribution < -0.4 is 14.8 Å². The predicted molar refractivity (Wildman–Crippen MR) is 98.5 cm³/mol. The van der Waals surface area contributed by atoms with Crippen LogP contribution in [0.2, 0.25) is 0 Å². The smallest absolute Gasteiger partial charge is 0.387 e. The van der Waals surface area contributed by atoms with E-state index in [9.17, 15) is 23.2 Å². The summed E-state index contributed by atoms with van der Waals surface area (Å²) in [5.41, 5.74) is 0.740. The van der Waals surface area contributed by atoms with Gasteiger partial charge >= 0.3 is 12.6 Å². The van der Waals surface area contributed by atoms with Crippen molar-refractivity contribution in [1.29, 1.82) is 0 Å². The maximum Gasteiger partial charge on any atom is 0.387 e. The van der Waals surface area contributed by atoms with Crippen LogP contribution in [0, 0.1) is 0 Å². The Kier molecular flexibility index (Phi) is 7.84. The van der Waals surface area contributed by atoms with Crippen molar-refractivity contribution in [3.05, 3.63) is 65.7 Å². The maximum atomic E-state index is 12.1. The van der Waals surface area contributed by atoms with E-state index in [2.05, 4.69) is 4.74 Å². The lowest BCUT2D eigenvalue weighted by molar-refractivity contribution is -0.143. The zero-order valence-electron chi connectivity index (χ0n) is 15.3. The summed E-state index contributed by atoms with van der Waals surface area (Å²) < 4.78 is 38.2. The molecule has 2 amide bonds. The van der Waals surface area contributed by atoms with Crippen LogP contribution in [0.1, 0.15) is 15.9 Å². The van der Waals surface area contributed by atoms with Crippen LogP contribution in [0.4, 0.5) is 8.78 Å². The molecule has 0 unspecified atom stereocenters. The quantitative estimate of drug-likeness (QED) is 0.537. The number of rotatable bonds is 8. The maximum absolute atomic E-state index is 12.1. The SMILES string of the molecule is COc1cccc(/C=C/C(=O)OCC(=O)NC(=O)c2ccc(OC(F)F)cc2)c1. The molecule has 0 atom stereocenters. The monoisotopic (exact) mass is 405 g/mol. The number of ether oxygens (including phenoxy) is 3. The van der Waals surface area contributed by atoms with Gasteiger partial charge in [-0.3, -0.25) is 14.9 Å². The number of imide groups is 1. The number of amides is 2. The highest BCUT2D eigenvalue weighted by Gasteiger charge is 2.12. The average Bonchev–Trinajstić information content (AvgIpc) is 2.71. The van der Waals surface area contributed by atoms with E-state index < -0.39 is 31.0 Å². The van der Waals surface area contributed by atoms with Gasteiger partial charge in [0.2, 0.25) is 0 Å². The normalized spacial score (nSPS) is 10.6. The Morgan fingerprint density at radius 3 is 2.45 bits per heavy atom. The number of methoxy groups -OCH3 is 1. The van der Waals surface area contributed by atoms with Crippen molar-refractivity contribution in [3.63, 3.8) is 0 Å². The fraction of sp³-hybridized carbons (Fsp3) is 0.150. The van der Waals surface area contributed by atoms with Gasteiger partial charge in [0.1, 0.15) is 11.5 Å². The number of halogens is 2. The van der Waals surface area contributed by atoms with E-state index in [4.69, 9.17) is 9.47 Å². The van der Waals surface area contributed by atoms with Crippen molar-refractivity contribution >= 4 is 23.9 Å². The van der Waals surface area contributed by atoms with Crippen molar-refractivity contribution in [2.75, 3.05) is 13.7 Å². The molecule has 0 saturated carbocycles. The Morgan fingerprint density at radius 1 is 1.07 bits per heavy atom. The highest BCUT2D eigenvalue weighted by Crippen LogP contribution is 2.15. The van der Waals surface area contributed by atoms with E-state index in [1.54, 1.807) is 24.3 Å². The molecule has 0 spiro atoms. The topological polar surface area (TPSA) is 90.9 Å². The highest BCUT2D eigenvalue weighted by atomic mass is 19.3. The van der Waals surface area contributed by atoms with Crippen molar-refractivity contribution in [3.8, 4) is 11.5 Å². The summed E-state index contributed by atoms with van der Waals surface area (Å²) in [7, 11) is 1.52. The minimum absolute atomic E-state index is 0.0456. The van der Waals surface area contributed by atoms with Gasteiger partial charge in [-0.1, -0.05) is 12.1 Å².